The van der Waals surface area contributed by atoms with E-state index in [-0.39, 0.29) is 11.9 Å². The van der Waals surface area contributed by atoms with Gasteiger partial charge in [-0.05, 0) is 30.7 Å². The molecule has 0 bridgehead atoms. The number of nitrogens with one attached hydrogen (secondary N) is 2. The Morgan fingerprint density at radius 3 is 3.00 bits per heavy atom. The predicted octanol–water partition coefficient (Wildman–Crippen LogP) is 2.92. The first kappa shape index (κ1) is 17.8. The molecule has 3 rings (SSSR count). The number of amides is 1. The molecule has 0 spiro atoms. The van der Waals surface area contributed by atoms with Crippen molar-refractivity contribution < 1.29 is 14.3 Å². The minimum atomic E-state index is -0.0489. The average molecular weight is 361 g/mol. The van der Waals surface area contributed by atoms with Crippen LogP contribution in [0.1, 0.15) is 19.8 Å². The Morgan fingerprint density at radius 2 is 2.28 bits per heavy atom. The van der Waals surface area contributed by atoms with Gasteiger partial charge in [-0.15, -0.1) is 11.3 Å². The zero-order valence-electron chi connectivity index (χ0n) is 14.3. The summed E-state index contributed by atoms with van der Waals surface area (Å²) in [5, 5.41) is 8.70. The predicted molar refractivity (Wildman–Crippen MR) is 99.2 cm³/mol. The molecule has 1 fully saturated rings. The summed E-state index contributed by atoms with van der Waals surface area (Å²) in [5.74, 6) is 0.809. The molecule has 25 heavy (non-hydrogen) atoms. The lowest BCUT2D eigenvalue weighted by molar-refractivity contribution is -0.117. The number of ether oxygens (including phenoxy) is 2. The van der Waals surface area contributed by atoms with Crippen LogP contribution in [0.4, 0.5) is 5.13 Å². The van der Waals surface area contributed by atoms with Gasteiger partial charge in [0.25, 0.3) is 0 Å². The number of thiazole rings is 1. The highest BCUT2D eigenvalue weighted by Gasteiger charge is 2.17. The number of anilines is 1. The summed E-state index contributed by atoms with van der Waals surface area (Å²) in [7, 11) is 0. The fourth-order valence-electron chi connectivity index (χ4n) is 2.55. The minimum absolute atomic E-state index is 0.0489. The van der Waals surface area contributed by atoms with Crippen molar-refractivity contribution in [2.24, 2.45) is 0 Å². The highest BCUT2D eigenvalue weighted by atomic mass is 32.1. The topological polar surface area (TPSA) is 72.5 Å². The van der Waals surface area contributed by atoms with Gasteiger partial charge in [0, 0.05) is 30.0 Å². The van der Waals surface area contributed by atoms with Crippen LogP contribution in [0.25, 0.3) is 11.3 Å². The molecule has 134 valence electrons. The molecule has 1 aromatic heterocycles. The summed E-state index contributed by atoms with van der Waals surface area (Å²) in [4.78, 5) is 16.6. The van der Waals surface area contributed by atoms with Crippen molar-refractivity contribution in [3.05, 3.63) is 29.6 Å². The quantitative estimate of drug-likeness (QED) is 0.793. The number of aromatic nitrogens is 1. The normalized spacial score (nSPS) is 17.2. The summed E-state index contributed by atoms with van der Waals surface area (Å²) in [6.45, 7) is 4.86. The third-order valence-electron chi connectivity index (χ3n) is 3.80. The van der Waals surface area contributed by atoms with E-state index < -0.39 is 0 Å². The van der Waals surface area contributed by atoms with Crippen LogP contribution in [0.15, 0.2) is 29.6 Å². The molecule has 0 radical (unpaired) electrons. The second-order valence-electron chi connectivity index (χ2n) is 5.89. The van der Waals surface area contributed by atoms with Crippen LogP contribution in [0.3, 0.4) is 0 Å². The maximum Gasteiger partial charge on any atom is 0.227 e. The van der Waals surface area contributed by atoms with Crippen molar-refractivity contribution >= 4 is 22.4 Å². The first-order valence-corrected chi connectivity index (χ1v) is 9.42. The van der Waals surface area contributed by atoms with E-state index in [1.54, 1.807) is 0 Å². The molecule has 2 aromatic rings. The number of morpholine rings is 1. The van der Waals surface area contributed by atoms with Gasteiger partial charge in [0.1, 0.15) is 5.75 Å². The Hall–Kier alpha value is -1.96. The van der Waals surface area contributed by atoms with Crippen molar-refractivity contribution in [1.29, 1.82) is 0 Å². The van der Waals surface area contributed by atoms with Gasteiger partial charge >= 0.3 is 0 Å². The molecule has 0 aliphatic carbocycles. The lowest BCUT2D eigenvalue weighted by Crippen LogP contribution is -2.43. The van der Waals surface area contributed by atoms with E-state index in [0.29, 0.717) is 31.4 Å². The van der Waals surface area contributed by atoms with Crippen molar-refractivity contribution in [3.63, 3.8) is 0 Å². The molecular weight excluding hydrogens is 338 g/mol. The van der Waals surface area contributed by atoms with Gasteiger partial charge in [0.05, 0.1) is 25.5 Å². The molecule has 2 heterocycles. The van der Waals surface area contributed by atoms with E-state index in [1.165, 1.54) is 11.3 Å². The summed E-state index contributed by atoms with van der Waals surface area (Å²) >= 11 is 1.43. The number of carbonyl (C=O) groups excluding carboxylic acids is 1. The molecule has 1 aliphatic heterocycles. The highest BCUT2D eigenvalue weighted by molar-refractivity contribution is 7.14. The number of rotatable bonds is 7. The Morgan fingerprint density at radius 1 is 1.44 bits per heavy atom. The maximum atomic E-state index is 12.1. The van der Waals surface area contributed by atoms with E-state index in [1.807, 2.05) is 29.6 Å². The lowest BCUT2D eigenvalue weighted by atomic mass is 10.2. The molecule has 1 saturated heterocycles. The molecule has 6 nitrogen and oxygen atoms in total. The molecular formula is C18H23N3O3S. The SMILES string of the molecule is CCCOc1ccc(-c2csc(NC(=O)CC3COCCN3)n2)cc1. The monoisotopic (exact) mass is 361 g/mol. The van der Waals surface area contributed by atoms with E-state index in [2.05, 4.69) is 22.5 Å². The molecule has 1 aliphatic rings. The van der Waals surface area contributed by atoms with E-state index in [0.717, 1.165) is 30.0 Å². The molecule has 2 N–H and O–H groups in total. The van der Waals surface area contributed by atoms with E-state index >= 15 is 0 Å². The maximum absolute atomic E-state index is 12.1. The van der Waals surface area contributed by atoms with Crippen LogP contribution >= 0.6 is 11.3 Å². The Balaban J connectivity index is 1.55. The summed E-state index contributed by atoms with van der Waals surface area (Å²) in [6.07, 6.45) is 1.37. The van der Waals surface area contributed by atoms with Gasteiger partial charge in [-0.3, -0.25) is 4.79 Å². The second kappa shape index (κ2) is 8.94. The van der Waals surface area contributed by atoms with Crippen molar-refractivity contribution in [1.82, 2.24) is 10.3 Å². The van der Waals surface area contributed by atoms with E-state index in [9.17, 15) is 4.79 Å². The van der Waals surface area contributed by atoms with Crippen LogP contribution < -0.4 is 15.4 Å². The van der Waals surface area contributed by atoms with Gasteiger partial charge < -0.3 is 20.1 Å². The van der Waals surface area contributed by atoms with Gasteiger partial charge in [-0.25, -0.2) is 4.98 Å². The number of hydrogen-bond donors (Lipinski definition) is 2. The fourth-order valence-corrected chi connectivity index (χ4v) is 3.29. The summed E-state index contributed by atoms with van der Waals surface area (Å²) in [5.41, 5.74) is 1.85. The summed E-state index contributed by atoms with van der Waals surface area (Å²) in [6, 6.07) is 7.92. The smallest absolute Gasteiger partial charge is 0.227 e. The lowest BCUT2D eigenvalue weighted by Gasteiger charge is -2.22. The third kappa shape index (κ3) is 5.26. The Kier molecular flexibility index (Phi) is 6.38. The number of carbonyl (C=O) groups is 1. The standard InChI is InChI=1S/C18H23N3O3S/c1-2-8-24-15-5-3-13(4-6-15)16-12-25-18(20-16)21-17(22)10-14-11-23-9-7-19-14/h3-6,12,14,19H,2,7-11H2,1H3,(H,20,21,22). The number of hydrogen-bond acceptors (Lipinski definition) is 6. The van der Waals surface area contributed by atoms with Crippen molar-refractivity contribution in [2.75, 3.05) is 31.7 Å². The number of benzene rings is 1. The van der Waals surface area contributed by atoms with Crippen LogP contribution in [-0.4, -0.2) is 43.3 Å². The molecule has 0 saturated carbocycles. The van der Waals surface area contributed by atoms with Crippen LogP contribution in [-0.2, 0) is 9.53 Å². The Bertz CT molecular complexity index is 681. The molecule has 7 heteroatoms. The first-order chi connectivity index (χ1) is 12.2. The van der Waals surface area contributed by atoms with Gasteiger partial charge in [-0.2, -0.15) is 0 Å². The highest BCUT2D eigenvalue weighted by Crippen LogP contribution is 2.26. The van der Waals surface area contributed by atoms with E-state index in [4.69, 9.17) is 9.47 Å². The average Bonchev–Trinajstić information content (AvgIpc) is 3.09. The van der Waals surface area contributed by atoms with Gasteiger partial charge in [-0.1, -0.05) is 6.92 Å². The van der Waals surface area contributed by atoms with Crippen LogP contribution in [0, 0.1) is 0 Å². The largest absolute Gasteiger partial charge is 0.494 e. The minimum Gasteiger partial charge on any atom is -0.494 e. The molecule has 1 aromatic carbocycles. The molecule has 1 unspecified atom stereocenters. The first-order valence-electron chi connectivity index (χ1n) is 8.54. The fraction of sp³-hybridized carbons (Fsp3) is 0.444. The second-order valence-corrected chi connectivity index (χ2v) is 6.75. The van der Waals surface area contributed by atoms with Crippen molar-refractivity contribution in [2.45, 2.75) is 25.8 Å². The third-order valence-corrected chi connectivity index (χ3v) is 4.56. The van der Waals surface area contributed by atoms with Gasteiger partial charge in [0.15, 0.2) is 5.13 Å². The van der Waals surface area contributed by atoms with Gasteiger partial charge in [0.2, 0.25) is 5.91 Å². The van der Waals surface area contributed by atoms with Crippen molar-refractivity contribution in [3.8, 4) is 17.0 Å². The zero-order chi connectivity index (χ0) is 17.5. The summed E-state index contributed by atoms with van der Waals surface area (Å²) < 4.78 is 10.9. The molecule has 1 amide bonds. The molecule has 1 atom stereocenters. The van der Waals surface area contributed by atoms with Crippen LogP contribution in [0.2, 0.25) is 0 Å². The van der Waals surface area contributed by atoms with Crippen LogP contribution in [0.5, 0.6) is 5.75 Å². The zero-order valence-corrected chi connectivity index (χ0v) is 15.1. The Labute approximate surface area is 151 Å². The number of nitrogens with zero attached hydrogens (tertiary/aromatic N) is 1.